The van der Waals surface area contributed by atoms with Crippen molar-refractivity contribution in [3.63, 3.8) is 0 Å². The van der Waals surface area contributed by atoms with E-state index in [4.69, 9.17) is 5.84 Å². The first-order valence-corrected chi connectivity index (χ1v) is 7.02. The molecule has 2 aromatic rings. The fourth-order valence-corrected chi connectivity index (χ4v) is 2.54. The van der Waals surface area contributed by atoms with Gasteiger partial charge in [-0.2, -0.15) is 0 Å². The van der Waals surface area contributed by atoms with E-state index in [1.54, 1.807) is 0 Å². The Hall–Kier alpha value is -1.30. The molecule has 2 aromatic carbocycles. The molecule has 0 aliphatic heterocycles. The second kappa shape index (κ2) is 6.92. The van der Waals surface area contributed by atoms with Crippen LogP contribution in [0.5, 0.6) is 0 Å². The molecule has 0 bridgehead atoms. The summed E-state index contributed by atoms with van der Waals surface area (Å²) in [7, 11) is 0. The molecular weight excluding hydrogens is 326 g/mol. The monoisotopic (exact) mass is 340 g/mol. The van der Waals surface area contributed by atoms with Crippen LogP contribution in [0.1, 0.15) is 11.1 Å². The van der Waals surface area contributed by atoms with Gasteiger partial charge >= 0.3 is 0 Å². The molecule has 2 nitrogen and oxygen atoms in total. The maximum absolute atomic E-state index is 13.6. The van der Waals surface area contributed by atoms with Crippen molar-refractivity contribution in [3.05, 3.63) is 69.7 Å². The first-order valence-electron chi connectivity index (χ1n) is 6.23. The average molecular weight is 341 g/mol. The van der Waals surface area contributed by atoms with Gasteiger partial charge in [-0.25, -0.2) is 8.78 Å². The predicted molar refractivity (Wildman–Crippen MR) is 79.0 cm³/mol. The lowest BCUT2D eigenvalue weighted by molar-refractivity contribution is 0.502. The topological polar surface area (TPSA) is 38.0 Å². The molecule has 5 heteroatoms. The van der Waals surface area contributed by atoms with Gasteiger partial charge in [0.05, 0.1) is 0 Å². The summed E-state index contributed by atoms with van der Waals surface area (Å²) >= 11 is 3.41. The van der Waals surface area contributed by atoms with Crippen molar-refractivity contribution in [2.45, 2.75) is 18.9 Å². The van der Waals surface area contributed by atoms with Crippen LogP contribution in [-0.2, 0) is 12.8 Å². The third-order valence-corrected chi connectivity index (χ3v) is 3.58. The number of nitrogens with one attached hydrogen (secondary N) is 1. The van der Waals surface area contributed by atoms with E-state index in [1.807, 2.05) is 24.3 Å². The second-order valence-corrected chi connectivity index (χ2v) is 5.55. The van der Waals surface area contributed by atoms with Gasteiger partial charge in [0.15, 0.2) is 0 Å². The summed E-state index contributed by atoms with van der Waals surface area (Å²) < 4.78 is 27.5. The van der Waals surface area contributed by atoms with E-state index < -0.39 is 11.6 Å². The van der Waals surface area contributed by atoms with Crippen molar-refractivity contribution in [1.82, 2.24) is 5.43 Å². The van der Waals surface area contributed by atoms with E-state index in [1.165, 1.54) is 12.1 Å². The van der Waals surface area contributed by atoms with Crippen LogP contribution in [0.3, 0.4) is 0 Å². The summed E-state index contributed by atoms with van der Waals surface area (Å²) in [6.45, 7) is 0. The lowest BCUT2D eigenvalue weighted by Crippen LogP contribution is -2.38. The predicted octanol–water partition coefficient (Wildman–Crippen LogP) is 3.34. The van der Waals surface area contributed by atoms with Crippen LogP contribution in [0, 0.1) is 11.6 Å². The molecule has 0 radical (unpaired) electrons. The zero-order valence-corrected chi connectivity index (χ0v) is 12.3. The Morgan fingerprint density at radius 1 is 1.10 bits per heavy atom. The summed E-state index contributed by atoms with van der Waals surface area (Å²) in [6, 6.07) is 11.3. The highest BCUT2D eigenvalue weighted by molar-refractivity contribution is 9.10. The number of rotatable bonds is 5. The van der Waals surface area contributed by atoms with Crippen LogP contribution in [0.4, 0.5) is 8.78 Å². The number of hydrogen-bond donors (Lipinski definition) is 2. The third kappa shape index (κ3) is 4.10. The highest BCUT2D eigenvalue weighted by atomic mass is 79.9. The van der Waals surface area contributed by atoms with Gasteiger partial charge in [-0.05, 0) is 42.2 Å². The summed E-state index contributed by atoms with van der Waals surface area (Å²) in [5.74, 6) is 4.41. The Kier molecular flexibility index (Phi) is 5.23. The van der Waals surface area contributed by atoms with Gasteiger partial charge in [-0.1, -0.05) is 34.1 Å². The molecule has 0 aliphatic carbocycles. The fraction of sp³-hybridized carbons (Fsp3) is 0.200. The molecule has 106 valence electrons. The van der Waals surface area contributed by atoms with Gasteiger partial charge in [0, 0.05) is 16.6 Å². The van der Waals surface area contributed by atoms with E-state index in [9.17, 15) is 8.78 Å². The molecule has 0 amide bonds. The Morgan fingerprint density at radius 3 is 2.55 bits per heavy atom. The number of benzene rings is 2. The molecular formula is C15H15BrF2N2. The fourth-order valence-electron chi connectivity index (χ4n) is 2.09. The molecule has 0 aromatic heterocycles. The molecule has 0 heterocycles. The molecule has 0 saturated heterocycles. The second-order valence-electron chi connectivity index (χ2n) is 4.64. The van der Waals surface area contributed by atoms with Crippen LogP contribution in [0.15, 0.2) is 46.9 Å². The van der Waals surface area contributed by atoms with E-state index in [0.29, 0.717) is 18.4 Å². The molecule has 0 spiro atoms. The number of halogens is 3. The Balaban J connectivity index is 2.09. The van der Waals surface area contributed by atoms with Gasteiger partial charge < -0.3 is 0 Å². The van der Waals surface area contributed by atoms with Gasteiger partial charge in [0.1, 0.15) is 11.6 Å². The molecule has 1 atom stereocenters. The van der Waals surface area contributed by atoms with Crippen LogP contribution in [0.2, 0.25) is 0 Å². The van der Waals surface area contributed by atoms with Crippen molar-refractivity contribution in [2.75, 3.05) is 0 Å². The summed E-state index contributed by atoms with van der Waals surface area (Å²) in [5, 5.41) is 0. The van der Waals surface area contributed by atoms with Crippen molar-refractivity contribution >= 4 is 15.9 Å². The van der Waals surface area contributed by atoms with Crippen LogP contribution >= 0.6 is 15.9 Å². The molecule has 0 fully saturated rings. The normalized spacial score (nSPS) is 12.4. The quantitative estimate of drug-likeness (QED) is 0.647. The van der Waals surface area contributed by atoms with Crippen LogP contribution < -0.4 is 11.3 Å². The van der Waals surface area contributed by atoms with Crippen molar-refractivity contribution in [1.29, 1.82) is 0 Å². The molecule has 1 unspecified atom stereocenters. The van der Waals surface area contributed by atoms with Gasteiger partial charge in [-0.3, -0.25) is 11.3 Å². The zero-order chi connectivity index (χ0) is 14.5. The van der Waals surface area contributed by atoms with Gasteiger partial charge in [-0.15, -0.1) is 0 Å². The Labute approximate surface area is 125 Å². The molecule has 3 N–H and O–H groups in total. The minimum absolute atomic E-state index is 0.121. The first kappa shape index (κ1) is 15.1. The summed E-state index contributed by atoms with van der Waals surface area (Å²) in [5.41, 5.74) is 4.22. The summed E-state index contributed by atoms with van der Waals surface area (Å²) in [6.07, 6.45) is 1.06. The highest BCUT2D eigenvalue weighted by Crippen LogP contribution is 2.16. The van der Waals surface area contributed by atoms with Crippen molar-refractivity contribution in [3.8, 4) is 0 Å². The molecule has 2 rings (SSSR count). The van der Waals surface area contributed by atoms with Crippen molar-refractivity contribution in [2.24, 2.45) is 5.84 Å². The number of hydrazine groups is 1. The standard InChI is InChI=1S/C15H15BrF2N2/c16-12-3-1-2-10(6-12)7-14(20-19)8-11-4-5-13(17)9-15(11)18/h1-6,9,14,20H,7-8,19H2. The van der Waals surface area contributed by atoms with Crippen LogP contribution in [0.25, 0.3) is 0 Å². The van der Waals surface area contributed by atoms with Crippen LogP contribution in [-0.4, -0.2) is 6.04 Å². The van der Waals surface area contributed by atoms with Gasteiger partial charge in [0.25, 0.3) is 0 Å². The zero-order valence-electron chi connectivity index (χ0n) is 10.7. The molecule has 20 heavy (non-hydrogen) atoms. The largest absolute Gasteiger partial charge is 0.271 e. The lowest BCUT2D eigenvalue weighted by atomic mass is 9.99. The van der Waals surface area contributed by atoms with Gasteiger partial charge in [0.2, 0.25) is 0 Å². The Morgan fingerprint density at radius 2 is 1.90 bits per heavy atom. The van der Waals surface area contributed by atoms with E-state index in [0.717, 1.165) is 16.1 Å². The average Bonchev–Trinajstić information content (AvgIpc) is 2.41. The SMILES string of the molecule is NNC(Cc1cccc(Br)c1)Cc1ccc(F)cc1F. The van der Waals surface area contributed by atoms with E-state index in [2.05, 4.69) is 21.4 Å². The molecule has 0 saturated carbocycles. The summed E-state index contributed by atoms with van der Waals surface area (Å²) in [4.78, 5) is 0. The van der Waals surface area contributed by atoms with E-state index in [-0.39, 0.29) is 6.04 Å². The van der Waals surface area contributed by atoms with Crippen molar-refractivity contribution < 1.29 is 8.78 Å². The minimum atomic E-state index is -0.574. The first-order chi connectivity index (χ1) is 9.58. The lowest BCUT2D eigenvalue weighted by Gasteiger charge is -2.16. The smallest absolute Gasteiger partial charge is 0.129 e. The number of hydrogen-bond acceptors (Lipinski definition) is 2. The third-order valence-electron chi connectivity index (χ3n) is 3.09. The number of nitrogens with two attached hydrogens (primary N) is 1. The highest BCUT2D eigenvalue weighted by Gasteiger charge is 2.12. The van der Waals surface area contributed by atoms with E-state index >= 15 is 0 Å². The Bertz CT molecular complexity index is 590. The molecule has 0 aliphatic rings. The minimum Gasteiger partial charge on any atom is -0.271 e. The maximum Gasteiger partial charge on any atom is 0.129 e. The maximum atomic E-state index is 13.6.